The van der Waals surface area contributed by atoms with Gasteiger partial charge in [0.2, 0.25) is 0 Å². The van der Waals surface area contributed by atoms with Crippen molar-refractivity contribution in [2.45, 2.75) is 39.3 Å². The molecular weight excluding hydrogens is 518 g/mol. The van der Waals surface area contributed by atoms with Gasteiger partial charge in [-0.2, -0.15) is 0 Å². The largest absolute Gasteiger partial charge is 0.507 e. The Kier molecular flexibility index (Phi) is 5.72. The number of hydrogen-bond acceptors (Lipinski definition) is 8. The Labute approximate surface area is 227 Å². The van der Waals surface area contributed by atoms with Crippen molar-refractivity contribution in [1.82, 2.24) is 4.98 Å². The summed E-state index contributed by atoms with van der Waals surface area (Å²) < 4.78 is 6.60. The molecule has 0 saturated carbocycles. The standard InChI is InChI=1S/C29H23N3O6S/c1-14-9-15(2)24-22(10-14)39-29(30-24)31-25(17-5-4-6-20(13-17)32(36)37)23(27(34)28(31)35)26(33)18-7-8-21-19(12-18)11-16(3)38-21/h4-10,12-13,16,25,33H,11H2,1-3H3/b26-23+/t16-,25-/m1/s1. The number of carbonyl (C=O) groups is 2. The summed E-state index contributed by atoms with van der Waals surface area (Å²) in [5.74, 6) is -1.40. The van der Waals surface area contributed by atoms with Gasteiger partial charge < -0.3 is 9.84 Å². The molecule has 1 N–H and O–H groups in total. The summed E-state index contributed by atoms with van der Waals surface area (Å²) in [7, 11) is 0. The molecule has 0 spiro atoms. The molecule has 10 heteroatoms. The van der Waals surface area contributed by atoms with Crippen LogP contribution in [0.2, 0.25) is 0 Å². The number of nitro groups is 1. The number of aliphatic hydroxyl groups is 1. The first-order valence-corrected chi connectivity index (χ1v) is 13.2. The molecule has 3 heterocycles. The molecule has 1 saturated heterocycles. The van der Waals surface area contributed by atoms with Gasteiger partial charge in [-0.3, -0.25) is 24.6 Å². The van der Waals surface area contributed by atoms with Gasteiger partial charge in [0.25, 0.3) is 11.5 Å². The maximum Gasteiger partial charge on any atom is 0.301 e. The van der Waals surface area contributed by atoms with E-state index < -0.39 is 22.7 Å². The Hall–Kier alpha value is -4.57. The molecule has 196 valence electrons. The first-order chi connectivity index (χ1) is 18.6. The zero-order valence-electron chi connectivity index (χ0n) is 21.3. The molecule has 2 atom stereocenters. The van der Waals surface area contributed by atoms with E-state index in [9.17, 15) is 24.8 Å². The normalized spacial score (nSPS) is 19.9. The van der Waals surface area contributed by atoms with E-state index in [1.807, 2.05) is 32.9 Å². The van der Waals surface area contributed by atoms with Gasteiger partial charge in [0, 0.05) is 24.1 Å². The number of fused-ring (bicyclic) bond motifs is 2. The van der Waals surface area contributed by atoms with Crippen LogP contribution in [-0.4, -0.2) is 32.8 Å². The number of aliphatic hydroxyl groups excluding tert-OH is 1. The average Bonchev–Trinajstić information content (AvgIpc) is 3.56. The third-order valence-corrected chi connectivity index (χ3v) is 8.04. The fourth-order valence-corrected chi connectivity index (χ4v) is 6.51. The van der Waals surface area contributed by atoms with Crippen molar-refractivity contribution in [1.29, 1.82) is 0 Å². The van der Waals surface area contributed by atoms with Crippen molar-refractivity contribution in [3.63, 3.8) is 0 Å². The number of amides is 1. The molecule has 2 aliphatic heterocycles. The lowest BCUT2D eigenvalue weighted by molar-refractivity contribution is -0.384. The second kappa shape index (κ2) is 9.02. The number of rotatable bonds is 4. The predicted octanol–water partition coefficient (Wildman–Crippen LogP) is 5.77. The van der Waals surface area contributed by atoms with Gasteiger partial charge in [-0.15, -0.1) is 0 Å². The van der Waals surface area contributed by atoms with Crippen molar-refractivity contribution in [3.8, 4) is 5.75 Å². The van der Waals surface area contributed by atoms with E-state index in [1.54, 1.807) is 24.3 Å². The highest BCUT2D eigenvalue weighted by molar-refractivity contribution is 7.22. The minimum absolute atomic E-state index is 0.0148. The number of thiazole rings is 1. The topological polar surface area (TPSA) is 123 Å². The number of Topliss-reactive ketones (excluding diaryl/α,β-unsaturated/α-hetero) is 1. The van der Waals surface area contributed by atoms with Crippen LogP contribution in [0.5, 0.6) is 5.75 Å². The van der Waals surface area contributed by atoms with E-state index in [0.717, 1.165) is 21.4 Å². The maximum atomic E-state index is 13.6. The third kappa shape index (κ3) is 4.04. The zero-order chi connectivity index (χ0) is 27.6. The van der Waals surface area contributed by atoms with Gasteiger partial charge in [0.15, 0.2) is 5.13 Å². The number of nitrogens with zero attached hydrogens (tertiary/aromatic N) is 3. The van der Waals surface area contributed by atoms with Crippen LogP contribution in [0.3, 0.4) is 0 Å². The van der Waals surface area contributed by atoms with Crippen LogP contribution in [0.15, 0.2) is 60.2 Å². The van der Waals surface area contributed by atoms with Gasteiger partial charge in [-0.05, 0) is 67.3 Å². The van der Waals surface area contributed by atoms with E-state index in [2.05, 4.69) is 0 Å². The Morgan fingerprint density at radius 3 is 2.72 bits per heavy atom. The van der Waals surface area contributed by atoms with E-state index in [4.69, 9.17) is 9.72 Å². The molecule has 0 bridgehead atoms. The number of carbonyl (C=O) groups excluding carboxylic acids is 2. The lowest BCUT2D eigenvalue weighted by atomic mass is 9.94. The zero-order valence-corrected chi connectivity index (χ0v) is 22.1. The van der Waals surface area contributed by atoms with Crippen LogP contribution in [0.4, 0.5) is 10.8 Å². The van der Waals surface area contributed by atoms with Crippen LogP contribution < -0.4 is 9.64 Å². The fourth-order valence-electron chi connectivity index (χ4n) is 5.34. The number of nitro benzene ring substituents is 1. The molecule has 1 amide bonds. The summed E-state index contributed by atoms with van der Waals surface area (Å²) in [6, 6.07) is 13.7. The summed E-state index contributed by atoms with van der Waals surface area (Å²) >= 11 is 1.25. The van der Waals surface area contributed by atoms with Crippen molar-refractivity contribution in [3.05, 3.63) is 98.1 Å². The Morgan fingerprint density at radius 2 is 1.95 bits per heavy atom. The molecule has 4 aromatic rings. The highest BCUT2D eigenvalue weighted by atomic mass is 32.1. The van der Waals surface area contributed by atoms with Gasteiger partial charge in [-0.25, -0.2) is 4.98 Å². The summed E-state index contributed by atoms with van der Waals surface area (Å²) in [5, 5.41) is 23.3. The highest BCUT2D eigenvalue weighted by Gasteiger charge is 2.48. The average molecular weight is 542 g/mol. The number of non-ortho nitro benzene ring substituents is 1. The van der Waals surface area contributed by atoms with Gasteiger partial charge >= 0.3 is 5.91 Å². The molecule has 1 aromatic heterocycles. The lowest BCUT2D eigenvalue weighted by Crippen LogP contribution is -2.29. The minimum atomic E-state index is -1.12. The van der Waals surface area contributed by atoms with Crippen LogP contribution in [0.25, 0.3) is 16.0 Å². The number of aryl methyl sites for hydroxylation is 2. The Morgan fingerprint density at radius 1 is 1.15 bits per heavy atom. The summed E-state index contributed by atoms with van der Waals surface area (Å²) in [5.41, 5.74) is 3.86. The number of aromatic nitrogens is 1. The molecular formula is C29H23N3O6S. The Bertz CT molecular complexity index is 1760. The molecule has 39 heavy (non-hydrogen) atoms. The first-order valence-electron chi connectivity index (χ1n) is 12.4. The van der Waals surface area contributed by atoms with Crippen molar-refractivity contribution < 1.29 is 24.4 Å². The van der Waals surface area contributed by atoms with E-state index >= 15 is 0 Å². The summed E-state index contributed by atoms with van der Waals surface area (Å²) in [6.07, 6.45) is 0.628. The third-order valence-electron chi connectivity index (χ3n) is 7.04. The fraction of sp³-hybridized carbons (Fsp3) is 0.207. The molecule has 9 nitrogen and oxygen atoms in total. The van der Waals surface area contributed by atoms with E-state index in [0.29, 0.717) is 28.8 Å². The number of hydrogen-bond donors (Lipinski definition) is 1. The predicted molar refractivity (Wildman–Crippen MR) is 147 cm³/mol. The molecule has 3 aromatic carbocycles. The number of ketones is 1. The highest BCUT2D eigenvalue weighted by Crippen LogP contribution is 2.45. The lowest BCUT2D eigenvalue weighted by Gasteiger charge is -2.22. The summed E-state index contributed by atoms with van der Waals surface area (Å²) in [4.78, 5) is 44.1. The van der Waals surface area contributed by atoms with Crippen LogP contribution >= 0.6 is 11.3 Å². The van der Waals surface area contributed by atoms with Gasteiger partial charge in [0.05, 0.1) is 26.8 Å². The first kappa shape index (κ1) is 24.7. The van der Waals surface area contributed by atoms with E-state index in [-0.39, 0.29) is 28.3 Å². The maximum absolute atomic E-state index is 13.6. The molecule has 0 unspecified atom stereocenters. The molecule has 2 aliphatic rings. The molecule has 0 aliphatic carbocycles. The molecule has 1 fully saturated rings. The summed E-state index contributed by atoms with van der Waals surface area (Å²) in [6.45, 7) is 5.82. The van der Waals surface area contributed by atoms with Gasteiger partial charge in [0.1, 0.15) is 17.6 Å². The smallest absolute Gasteiger partial charge is 0.301 e. The quantitative estimate of drug-likeness (QED) is 0.114. The van der Waals surface area contributed by atoms with Crippen LogP contribution in [0.1, 0.15) is 40.8 Å². The monoisotopic (exact) mass is 541 g/mol. The van der Waals surface area contributed by atoms with Crippen molar-refractivity contribution >= 4 is 49.8 Å². The van der Waals surface area contributed by atoms with E-state index in [1.165, 1.54) is 34.4 Å². The van der Waals surface area contributed by atoms with Crippen LogP contribution in [-0.2, 0) is 16.0 Å². The number of anilines is 1. The minimum Gasteiger partial charge on any atom is -0.507 e. The molecule has 6 rings (SSSR count). The second-order valence-corrected chi connectivity index (χ2v) is 10.9. The number of benzene rings is 3. The van der Waals surface area contributed by atoms with Gasteiger partial charge in [-0.1, -0.05) is 29.5 Å². The SMILES string of the molecule is Cc1cc(C)c2nc(N3C(=O)C(=O)/C(=C(/O)c4ccc5c(c4)C[C@@H](C)O5)[C@H]3c3cccc([N+](=O)[O-])c3)sc2c1. The van der Waals surface area contributed by atoms with Crippen LogP contribution in [0, 0.1) is 24.0 Å². The number of ether oxygens (including phenoxy) is 1. The molecule has 0 radical (unpaired) electrons. The Balaban J connectivity index is 1.57. The second-order valence-electron chi connectivity index (χ2n) is 9.90. The van der Waals surface area contributed by atoms with Crippen molar-refractivity contribution in [2.24, 2.45) is 0 Å². The van der Waals surface area contributed by atoms with Crippen molar-refractivity contribution in [2.75, 3.05) is 4.90 Å².